The molecule has 0 radical (unpaired) electrons. The highest BCUT2D eigenvalue weighted by Crippen LogP contribution is 2.60. The van der Waals surface area contributed by atoms with Gasteiger partial charge in [-0.15, -0.1) is 0 Å². The Morgan fingerprint density at radius 1 is 1.35 bits per heavy atom. The third-order valence-electron chi connectivity index (χ3n) is 3.52. The number of halogens is 2. The molecule has 1 N–H and O–H groups in total. The van der Waals surface area contributed by atoms with Crippen LogP contribution in [0.5, 0.6) is 0 Å². The normalized spacial score (nSPS) is 23.4. The summed E-state index contributed by atoms with van der Waals surface area (Å²) in [5.74, 6) is -3.39. The maximum absolute atomic E-state index is 13.1. The van der Waals surface area contributed by atoms with E-state index in [1.165, 1.54) is 11.6 Å². The van der Waals surface area contributed by atoms with Gasteiger partial charge in [-0.3, -0.25) is 9.78 Å². The molecule has 2 aromatic heterocycles. The lowest BCUT2D eigenvalue weighted by Gasteiger charge is -2.09. The van der Waals surface area contributed by atoms with Crippen molar-refractivity contribution in [3.63, 3.8) is 0 Å². The molecular weight excluding hydrogens is 266 g/mol. The number of carbonyl (C=O) groups is 1. The molecule has 0 unspecified atom stereocenters. The third kappa shape index (κ3) is 1.95. The molecule has 7 heteroatoms. The third-order valence-corrected chi connectivity index (χ3v) is 3.52. The number of hydrogen-bond acceptors (Lipinski definition) is 3. The Morgan fingerprint density at radius 3 is 2.60 bits per heavy atom. The minimum absolute atomic E-state index is 0.246. The van der Waals surface area contributed by atoms with Crippen LogP contribution in [0.3, 0.4) is 0 Å². The summed E-state index contributed by atoms with van der Waals surface area (Å²) >= 11 is 0. The Hall–Kier alpha value is -2.31. The molecule has 0 aromatic carbocycles. The van der Waals surface area contributed by atoms with Crippen LogP contribution in [-0.2, 0) is 4.79 Å². The van der Waals surface area contributed by atoms with E-state index in [0.717, 1.165) is 5.69 Å². The number of rotatable bonds is 3. The Morgan fingerprint density at radius 2 is 2.00 bits per heavy atom. The minimum Gasteiger partial charge on any atom is -0.309 e. The number of anilines is 1. The van der Waals surface area contributed by atoms with Gasteiger partial charge < -0.3 is 5.32 Å². The zero-order chi connectivity index (χ0) is 14.4. The van der Waals surface area contributed by atoms with E-state index in [4.69, 9.17) is 0 Å². The smallest absolute Gasteiger partial charge is 0.263 e. The van der Waals surface area contributed by atoms with Crippen LogP contribution in [-0.4, -0.2) is 26.6 Å². The highest BCUT2D eigenvalue weighted by Gasteiger charge is 2.72. The zero-order valence-corrected chi connectivity index (χ0v) is 10.7. The van der Waals surface area contributed by atoms with Crippen molar-refractivity contribution in [3.8, 4) is 5.69 Å². The van der Waals surface area contributed by atoms with Gasteiger partial charge >= 0.3 is 0 Å². The molecule has 2 heterocycles. The van der Waals surface area contributed by atoms with Crippen LogP contribution in [0.2, 0.25) is 0 Å². The highest BCUT2D eigenvalue weighted by atomic mass is 19.3. The van der Waals surface area contributed by atoms with Gasteiger partial charge in [0.2, 0.25) is 5.91 Å². The zero-order valence-electron chi connectivity index (χ0n) is 10.7. The average Bonchev–Trinajstić information content (AvgIpc) is 2.78. The summed E-state index contributed by atoms with van der Waals surface area (Å²) in [4.78, 5) is 15.7. The number of nitrogens with one attached hydrogen (secondary N) is 1. The van der Waals surface area contributed by atoms with Crippen LogP contribution >= 0.6 is 0 Å². The summed E-state index contributed by atoms with van der Waals surface area (Å²) in [6, 6.07) is 5.05. The van der Waals surface area contributed by atoms with Crippen LogP contribution in [0.1, 0.15) is 13.3 Å². The topological polar surface area (TPSA) is 59.8 Å². The van der Waals surface area contributed by atoms with Crippen LogP contribution in [0.25, 0.3) is 5.69 Å². The molecule has 0 spiro atoms. The predicted octanol–water partition coefficient (Wildman–Crippen LogP) is 2.25. The maximum atomic E-state index is 13.1. The quantitative estimate of drug-likeness (QED) is 0.936. The summed E-state index contributed by atoms with van der Waals surface area (Å²) in [7, 11) is 0. The summed E-state index contributed by atoms with van der Waals surface area (Å²) in [5, 5.41) is 6.55. The summed E-state index contributed by atoms with van der Waals surface area (Å²) in [5.41, 5.74) is -0.851. The molecule has 104 valence electrons. The lowest BCUT2D eigenvalue weighted by Crippen LogP contribution is -2.26. The lowest BCUT2D eigenvalue weighted by atomic mass is 10.1. The molecule has 20 heavy (non-hydrogen) atoms. The van der Waals surface area contributed by atoms with E-state index in [2.05, 4.69) is 15.4 Å². The van der Waals surface area contributed by atoms with Gasteiger partial charge in [-0.2, -0.15) is 5.10 Å². The Balaban J connectivity index is 1.74. The van der Waals surface area contributed by atoms with Crippen molar-refractivity contribution < 1.29 is 13.6 Å². The second-order valence-electron chi connectivity index (χ2n) is 5.02. The average molecular weight is 278 g/mol. The van der Waals surface area contributed by atoms with Gasteiger partial charge in [0.15, 0.2) is 5.82 Å². The van der Waals surface area contributed by atoms with Crippen molar-refractivity contribution in [1.82, 2.24) is 14.8 Å². The number of nitrogens with zero attached hydrogens (tertiary/aromatic N) is 3. The molecule has 1 atom stereocenters. The van der Waals surface area contributed by atoms with E-state index < -0.39 is 23.7 Å². The van der Waals surface area contributed by atoms with Gasteiger partial charge in [-0.1, -0.05) is 0 Å². The standard InChI is InChI=1S/C13H12F2N4O/c1-12(8-13(12,14)15)11(20)17-10-4-7-19(18-10)9-2-5-16-6-3-9/h2-7H,8H2,1H3,(H,17,18,20)/t12-/m1/s1. The molecule has 3 rings (SSSR count). The van der Waals surface area contributed by atoms with Gasteiger partial charge in [0.1, 0.15) is 5.41 Å². The van der Waals surface area contributed by atoms with Crippen molar-refractivity contribution in [2.45, 2.75) is 19.3 Å². The molecule has 5 nitrogen and oxygen atoms in total. The highest BCUT2D eigenvalue weighted by molar-refractivity contribution is 5.97. The molecule has 0 bridgehead atoms. The monoisotopic (exact) mass is 278 g/mol. The van der Waals surface area contributed by atoms with Crippen LogP contribution in [0.4, 0.5) is 14.6 Å². The molecule has 1 saturated carbocycles. The maximum Gasteiger partial charge on any atom is 0.263 e. The number of carbonyl (C=O) groups excluding carboxylic acids is 1. The second kappa shape index (κ2) is 4.09. The first-order valence-electron chi connectivity index (χ1n) is 6.08. The minimum atomic E-state index is -2.93. The Bertz CT molecular complexity index is 655. The number of aromatic nitrogens is 3. The first-order valence-corrected chi connectivity index (χ1v) is 6.08. The van der Waals surface area contributed by atoms with E-state index in [0.29, 0.717) is 0 Å². The molecule has 0 aliphatic heterocycles. The SMILES string of the molecule is C[C@]1(C(=O)Nc2ccn(-c3ccncc3)n2)CC1(F)F. The number of amides is 1. The number of hydrogen-bond donors (Lipinski definition) is 1. The second-order valence-corrected chi connectivity index (χ2v) is 5.02. The molecule has 0 saturated heterocycles. The van der Waals surface area contributed by atoms with Gasteiger partial charge in [-0.25, -0.2) is 13.5 Å². The first kappa shape index (κ1) is 12.7. The largest absolute Gasteiger partial charge is 0.309 e. The molecule has 2 aromatic rings. The molecule has 1 fully saturated rings. The summed E-state index contributed by atoms with van der Waals surface area (Å²) < 4.78 is 27.8. The predicted molar refractivity (Wildman–Crippen MR) is 67.7 cm³/mol. The fourth-order valence-corrected chi connectivity index (χ4v) is 1.93. The van der Waals surface area contributed by atoms with E-state index in [1.54, 1.807) is 36.8 Å². The summed E-state index contributed by atoms with van der Waals surface area (Å²) in [6.45, 7) is 1.25. The van der Waals surface area contributed by atoms with Crippen LogP contribution < -0.4 is 5.32 Å². The van der Waals surface area contributed by atoms with Gasteiger partial charge in [0.25, 0.3) is 5.92 Å². The van der Waals surface area contributed by atoms with E-state index in [9.17, 15) is 13.6 Å². The number of pyridine rings is 1. The van der Waals surface area contributed by atoms with Crippen molar-refractivity contribution in [3.05, 3.63) is 36.8 Å². The molecule has 1 amide bonds. The summed E-state index contributed by atoms with van der Waals surface area (Å²) in [6.07, 6.45) is 4.44. The molecule has 1 aliphatic rings. The number of alkyl halides is 2. The molecule has 1 aliphatic carbocycles. The van der Waals surface area contributed by atoms with Gasteiger partial charge in [0, 0.05) is 31.1 Å². The Labute approximate surface area is 113 Å². The molecular formula is C13H12F2N4O. The van der Waals surface area contributed by atoms with Crippen molar-refractivity contribution in [2.75, 3.05) is 5.32 Å². The van der Waals surface area contributed by atoms with Crippen molar-refractivity contribution in [2.24, 2.45) is 5.41 Å². The first-order chi connectivity index (χ1) is 9.42. The van der Waals surface area contributed by atoms with E-state index in [-0.39, 0.29) is 5.82 Å². The fourth-order valence-electron chi connectivity index (χ4n) is 1.93. The fraction of sp³-hybridized carbons (Fsp3) is 0.308. The lowest BCUT2D eigenvalue weighted by molar-refractivity contribution is -0.123. The Kier molecular flexibility index (Phi) is 2.60. The van der Waals surface area contributed by atoms with Crippen molar-refractivity contribution in [1.29, 1.82) is 0 Å². The van der Waals surface area contributed by atoms with Gasteiger partial charge in [-0.05, 0) is 19.1 Å². The van der Waals surface area contributed by atoms with E-state index >= 15 is 0 Å². The van der Waals surface area contributed by atoms with Crippen LogP contribution in [0, 0.1) is 5.41 Å². The van der Waals surface area contributed by atoms with Gasteiger partial charge in [0.05, 0.1) is 5.69 Å². The van der Waals surface area contributed by atoms with E-state index in [1.807, 2.05) is 0 Å². The van der Waals surface area contributed by atoms with Crippen molar-refractivity contribution >= 4 is 11.7 Å². The van der Waals surface area contributed by atoms with Crippen LogP contribution in [0.15, 0.2) is 36.8 Å².